The molecule has 1 aromatic heterocycles. The lowest BCUT2D eigenvalue weighted by molar-refractivity contribution is -0.135. The van der Waals surface area contributed by atoms with Crippen molar-refractivity contribution in [2.75, 3.05) is 6.26 Å². The summed E-state index contributed by atoms with van der Waals surface area (Å²) in [6, 6.07) is 0. The highest BCUT2D eigenvalue weighted by Crippen LogP contribution is 2.16. The van der Waals surface area contributed by atoms with Crippen molar-refractivity contribution in [2.45, 2.75) is 18.6 Å². The molecule has 66 valence electrons. The van der Waals surface area contributed by atoms with Crippen LogP contribution in [0.5, 0.6) is 6.08 Å². The van der Waals surface area contributed by atoms with E-state index in [1.54, 1.807) is 13.2 Å². The van der Waals surface area contributed by atoms with E-state index in [2.05, 4.69) is 14.9 Å². The van der Waals surface area contributed by atoms with Crippen molar-refractivity contribution in [2.24, 2.45) is 0 Å². The fourth-order valence-corrected chi connectivity index (χ4v) is 0.768. The molecular weight excluding hydrogens is 180 g/mol. The van der Waals surface area contributed by atoms with Crippen LogP contribution in [-0.4, -0.2) is 22.4 Å². The summed E-state index contributed by atoms with van der Waals surface area (Å²) in [6.45, 7) is 1.69. The lowest BCUT2D eigenvalue weighted by Gasteiger charge is -1.92. The quantitative estimate of drug-likeness (QED) is 0.523. The molecule has 0 atom stereocenters. The van der Waals surface area contributed by atoms with Gasteiger partial charge in [0.15, 0.2) is 0 Å². The van der Waals surface area contributed by atoms with Gasteiger partial charge < -0.3 is 9.15 Å². The van der Waals surface area contributed by atoms with Crippen LogP contribution in [0.25, 0.3) is 0 Å². The first kappa shape index (κ1) is 9.05. The molecule has 0 aliphatic carbocycles. The maximum Gasteiger partial charge on any atom is 0.423 e. The van der Waals surface area contributed by atoms with Gasteiger partial charge in [-0.25, -0.2) is 0 Å². The van der Waals surface area contributed by atoms with Crippen LogP contribution in [-0.2, 0) is 4.79 Å². The molecule has 0 saturated carbocycles. The number of aromatic nitrogens is 2. The highest BCUT2D eigenvalue weighted by molar-refractivity contribution is 7.98. The van der Waals surface area contributed by atoms with Gasteiger partial charge in [-0.3, -0.25) is 4.79 Å². The van der Waals surface area contributed by atoms with Gasteiger partial charge in [0.2, 0.25) is 0 Å². The SMILES string of the molecule is CCC(=O)Oc1nnc(SC)o1. The van der Waals surface area contributed by atoms with Crippen molar-refractivity contribution in [3.05, 3.63) is 0 Å². The summed E-state index contributed by atoms with van der Waals surface area (Å²) >= 11 is 1.29. The smallest absolute Gasteiger partial charge is 0.383 e. The van der Waals surface area contributed by atoms with Crippen molar-refractivity contribution in [1.82, 2.24) is 10.2 Å². The van der Waals surface area contributed by atoms with E-state index in [9.17, 15) is 4.79 Å². The third-order valence-corrected chi connectivity index (χ3v) is 1.57. The molecule has 0 N–H and O–H groups in total. The first-order valence-electron chi connectivity index (χ1n) is 3.34. The largest absolute Gasteiger partial charge is 0.423 e. The van der Waals surface area contributed by atoms with E-state index in [1.165, 1.54) is 11.8 Å². The molecule has 0 amide bonds. The second-order valence-electron chi connectivity index (χ2n) is 1.87. The molecule has 0 aromatic carbocycles. The zero-order valence-electron chi connectivity index (χ0n) is 6.73. The first-order valence-corrected chi connectivity index (χ1v) is 4.57. The van der Waals surface area contributed by atoms with E-state index in [0.717, 1.165) is 0 Å². The van der Waals surface area contributed by atoms with Crippen LogP contribution >= 0.6 is 11.8 Å². The first-order chi connectivity index (χ1) is 5.76. The third-order valence-electron chi connectivity index (χ3n) is 1.05. The zero-order valence-corrected chi connectivity index (χ0v) is 7.55. The van der Waals surface area contributed by atoms with Gasteiger partial charge in [0.25, 0.3) is 5.22 Å². The molecule has 0 spiro atoms. The molecule has 0 radical (unpaired) electrons. The normalized spacial score (nSPS) is 9.83. The number of rotatable bonds is 3. The van der Waals surface area contributed by atoms with E-state index in [1.807, 2.05) is 0 Å². The average Bonchev–Trinajstić information content (AvgIpc) is 2.52. The highest BCUT2D eigenvalue weighted by atomic mass is 32.2. The Balaban J connectivity index is 2.58. The Morgan fingerprint density at radius 2 is 2.42 bits per heavy atom. The topological polar surface area (TPSA) is 65.2 Å². The average molecular weight is 188 g/mol. The van der Waals surface area contributed by atoms with Crippen LogP contribution < -0.4 is 4.74 Å². The number of carbonyl (C=O) groups excluding carboxylic acids is 1. The molecule has 1 heterocycles. The van der Waals surface area contributed by atoms with E-state index >= 15 is 0 Å². The van der Waals surface area contributed by atoms with Gasteiger partial charge in [0.05, 0.1) is 0 Å². The van der Waals surface area contributed by atoms with Crippen LogP contribution in [0, 0.1) is 0 Å². The highest BCUT2D eigenvalue weighted by Gasteiger charge is 2.09. The van der Waals surface area contributed by atoms with E-state index < -0.39 is 0 Å². The zero-order chi connectivity index (χ0) is 8.97. The lowest BCUT2D eigenvalue weighted by Crippen LogP contribution is -2.05. The molecule has 0 fully saturated rings. The maximum atomic E-state index is 10.7. The van der Waals surface area contributed by atoms with Crippen molar-refractivity contribution in [3.63, 3.8) is 0 Å². The fourth-order valence-electron chi connectivity index (χ4n) is 0.490. The Hall–Kier alpha value is -1.04. The number of hydrogen-bond donors (Lipinski definition) is 0. The van der Waals surface area contributed by atoms with E-state index in [-0.39, 0.29) is 18.5 Å². The number of carbonyl (C=O) groups is 1. The van der Waals surface area contributed by atoms with Crippen LogP contribution in [0.1, 0.15) is 13.3 Å². The predicted octanol–water partition coefficient (Wildman–Crippen LogP) is 1.11. The van der Waals surface area contributed by atoms with E-state index in [4.69, 9.17) is 4.42 Å². The number of hydrogen-bond acceptors (Lipinski definition) is 6. The van der Waals surface area contributed by atoms with Gasteiger partial charge in [0.1, 0.15) is 0 Å². The number of ether oxygens (including phenoxy) is 1. The third kappa shape index (κ3) is 2.23. The fraction of sp³-hybridized carbons (Fsp3) is 0.500. The van der Waals surface area contributed by atoms with Crippen molar-refractivity contribution >= 4 is 17.7 Å². The molecule has 0 unspecified atom stereocenters. The monoisotopic (exact) mass is 188 g/mol. The van der Waals surface area contributed by atoms with Crippen molar-refractivity contribution in [3.8, 4) is 6.08 Å². The molecule has 12 heavy (non-hydrogen) atoms. The Labute approximate surface area is 73.5 Å². The summed E-state index contributed by atoms with van der Waals surface area (Å²) in [5, 5.41) is 7.47. The van der Waals surface area contributed by atoms with Crippen molar-refractivity contribution < 1.29 is 13.9 Å². The van der Waals surface area contributed by atoms with Crippen molar-refractivity contribution in [1.29, 1.82) is 0 Å². The minimum Gasteiger partial charge on any atom is -0.383 e. The Bertz CT molecular complexity index is 274. The van der Waals surface area contributed by atoms with Gasteiger partial charge in [-0.2, -0.15) is 0 Å². The lowest BCUT2D eigenvalue weighted by atomic mass is 10.5. The second kappa shape index (κ2) is 4.10. The van der Waals surface area contributed by atoms with Gasteiger partial charge in [-0.05, 0) is 6.26 Å². The Kier molecular flexibility index (Phi) is 3.09. The summed E-state index contributed by atoms with van der Waals surface area (Å²) in [7, 11) is 0. The maximum absolute atomic E-state index is 10.7. The molecular formula is C6H8N2O3S. The minimum absolute atomic E-state index is 0.0915. The predicted molar refractivity (Wildman–Crippen MR) is 42.0 cm³/mol. The number of nitrogens with zero attached hydrogens (tertiary/aromatic N) is 2. The molecule has 0 aliphatic heterocycles. The molecule has 5 nitrogen and oxygen atoms in total. The molecule has 1 rings (SSSR count). The molecule has 1 aromatic rings. The van der Waals surface area contributed by atoms with Crippen LogP contribution in [0.2, 0.25) is 0 Å². The number of thioether (sulfide) groups is 1. The standard InChI is InChI=1S/C6H8N2O3S/c1-3-4(9)10-5-7-8-6(11-5)12-2/h3H2,1-2H3. The molecule has 6 heteroatoms. The van der Waals surface area contributed by atoms with Gasteiger partial charge in [0, 0.05) is 6.42 Å². The van der Waals surface area contributed by atoms with Gasteiger partial charge >= 0.3 is 12.0 Å². The second-order valence-corrected chi connectivity index (χ2v) is 2.62. The van der Waals surface area contributed by atoms with Crippen LogP contribution in [0.15, 0.2) is 9.64 Å². The summed E-state index contributed by atoms with van der Waals surface area (Å²) in [6.07, 6.45) is 1.99. The summed E-state index contributed by atoms with van der Waals surface area (Å²) < 4.78 is 9.56. The van der Waals surface area contributed by atoms with Crippen LogP contribution in [0.4, 0.5) is 0 Å². The summed E-state index contributed by atoms with van der Waals surface area (Å²) in [5.74, 6) is -0.383. The Morgan fingerprint density at radius 3 is 2.92 bits per heavy atom. The Morgan fingerprint density at radius 1 is 1.67 bits per heavy atom. The van der Waals surface area contributed by atoms with Gasteiger partial charge in [-0.15, -0.1) is 0 Å². The molecule has 0 aliphatic rings. The van der Waals surface area contributed by atoms with Gasteiger partial charge in [-0.1, -0.05) is 28.9 Å². The summed E-state index contributed by atoms with van der Waals surface area (Å²) in [4.78, 5) is 10.7. The van der Waals surface area contributed by atoms with E-state index in [0.29, 0.717) is 5.22 Å². The van der Waals surface area contributed by atoms with Crippen LogP contribution in [0.3, 0.4) is 0 Å². The summed E-state index contributed by atoms with van der Waals surface area (Å²) in [5.41, 5.74) is 0. The molecule has 0 saturated heterocycles. The molecule has 0 bridgehead atoms. The minimum atomic E-state index is -0.383. The number of esters is 1.